The molecule has 0 aromatic carbocycles. The van der Waals surface area contributed by atoms with Crippen LogP contribution in [0.4, 0.5) is 0 Å². The predicted octanol–water partition coefficient (Wildman–Crippen LogP) is 0.138. The summed E-state index contributed by atoms with van der Waals surface area (Å²) in [6.45, 7) is 1.42. The molecule has 0 aromatic heterocycles. The highest BCUT2D eigenvalue weighted by atomic mass is 16.7. The molecule has 8 heteroatoms. The zero-order chi connectivity index (χ0) is 17.0. The van der Waals surface area contributed by atoms with Crippen molar-refractivity contribution < 1.29 is 33.3 Å². The lowest BCUT2D eigenvalue weighted by Crippen LogP contribution is -2.28. The Balaban J connectivity index is 2.56. The van der Waals surface area contributed by atoms with Crippen molar-refractivity contribution in [1.29, 1.82) is 0 Å². The van der Waals surface area contributed by atoms with Crippen LogP contribution in [-0.2, 0) is 33.3 Å². The minimum absolute atomic E-state index is 0.0176. The van der Waals surface area contributed by atoms with E-state index in [2.05, 4.69) is 9.47 Å². The Hall–Kier alpha value is -2.35. The Kier molecular flexibility index (Phi) is 5.38. The molecule has 0 aliphatic carbocycles. The molecule has 1 fully saturated rings. The lowest BCUT2D eigenvalue weighted by Gasteiger charge is -2.23. The van der Waals surface area contributed by atoms with Gasteiger partial charge in [-0.2, -0.15) is 0 Å². The van der Waals surface area contributed by atoms with Gasteiger partial charge < -0.3 is 23.8 Å². The molecule has 2 aliphatic heterocycles. The Bertz CT molecular complexity index is 572. The standard InChI is InChI=1S/C15H19NO7/c1-20-10(17)8-9(13(18)21-2)11-12(16-6-4-5-7-16)15(22-3)23-14(11)19/h8,15H,4-7H2,1-3H3/b9-8-. The summed E-state index contributed by atoms with van der Waals surface area (Å²) in [6, 6.07) is 0. The Morgan fingerprint density at radius 2 is 1.83 bits per heavy atom. The van der Waals surface area contributed by atoms with Gasteiger partial charge in [0.25, 0.3) is 0 Å². The van der Waals surface area contributed by atoms with Gasteiger partial charge in [-0.05, 0) is 12.8 Å². The maximum absolute atomic E-state index is 12.3. The second kappa shape index (κ2) is 7.28. The van der Waals surface area contributed by atoms with Gasteiger partial charge in [0.2, 0.25) is 6.29 Å². The van der Waals surface area contributed by atoms with E-state index in [0.717, 1.165) is 26.0 Å². The lowest BCUT2D eigenvalue weighted by molar-refractivity contribution is -0.157. The van der Waals surface area contributed by atoms with E-state index in [1.165, 1.54) is 14.2 Å². The lowest BCUT2D eigenvalue weighted by atomic mass is 10.0. The van der Waals surface area contributed by atoms with Gasteiger partial charge in [0.1, 0.15) is 5.57 Å². The van der Waals surface area contributed by atoms with E-state index < -0.39 is 24.2 Å². The molecule has 2 aliphatic rings. The summed E-state index contributed by atoms with van der Waals surface area (Å²) in [5.74, 6) is -2.33. The third-order valence-electron chi connectivity index (χ3n) is 3.70. The molecule has 2 heterocycles. The zero-order valence-corrected chi connectivity index (χ0v) is 13.3. The zero-order valence-electron chi connectivity index (χ0n) is 13.3. The minimum Gasteiger partial charge on any atom is -0.466 e. The van der Waals surface area contributed by atoms with Gasteiger partial charge in [-0.3, -0.25) is 0 Å². The molecule has 0 N–H and O–H groups in total. The minimum atomic E-state index is -0.915. The monoisotopic (exact) mass is 325 g/mol. The molecule has 2 rings (SSSR count). The molecule has 0 spiro atoms. The van der Waals surface area contributed by atoms with Gasteiger partial charge in [-0.15, -0.1) is 0 Å². The van der Waals surface area contributed by atoms with Crippen molar-refractivity contribution in [3.05, 3.63) is 22.9 Å². The van der Waals surface area contributed by atoms with Crippen LogP contribution in [-0.4, -0.2) is 63.5 Å². The number of ether oxygens (including phenoxy) is 4. The van der Waals surface area contributed by atoms with Crippen LogP contribution in [0.3, 0.4) is 0 Å². The SMILES string of the molecule is COC(=O)/C=C(\C(=O)OC)C1=C(N2CCCC2)C(OC)OC1=O. The molecule has 23 heavy (non-hydrogen) atoms. The number of cyclic esters (lactones) is 1. The molecule has 1 atom stereocenters. The normalized spacial score (nSPS) is 21.5. The molecule has 0 saturated carbocycles. The van der Waals surface area contributed by atoms with Crippen molar-refractivity contribution >= 4 is 17.9 Å². The van der Waals surface area contributed by atoms with Crippen molar-refractivity contribution in [1.82, 2.24) is 4.90 Å². The number of rotatable bonds is 5. The van der Waals surface area contributed by atoms with Gasteiger partial charge in [0.15, 0.2) is 0 Å². The van der Waals surface area contributed by atoms with E-state index in [-0.39, 0.29) is 11.1 Å². The van der Waals surface area contributed by atoms with Crippen LogP contribution in [0, 0.1) is 0 Å². The molecule has 0 bridgehead atoms. The largest absolute Gasteiger partial charge is 0.466 e. The predicted molar refractivity (Wildman–Crippen MR) is 76.8 cm³/mol. The summed E-state index contributed by atoms with van der Waals surface area (Å²) >= 11 is 0. The average molecular weight is 325 g/mol. The third kappa shape index (κ3) is 3.37. The molecule has 0 aromatic rings. The van der Waals surface area contributed by atoms with E-state index in [4.69, 9.17) is 9.47 Å². The quantitative estimate of drug-likeness (QED) is 0.400. The number of esters is 3. The van der Waals surface area contributed by atoms with Crippen LogP contribution in [0.25, 0.3) is 0 Å². The average Bonchev–Trinajstić information content (AvgIpc) is 3.18. The van der Waals surface area contributed by atoms with Crippen molar-refractivity contribution in [3.63, 3.8) is 0 Å². The first-order chi connectivity index (χ1) is 11.0. The second-order valence-corrected chi connectivity index (χ2v) is 5.00. The molecule has 0 radical (unpaired) electrons. The fourth-order valence-electron chi connectivity index (χ4n) is 2.63. The van der Waals surface area contributed by atoms with Gasteiger partial charge in [-0.1, -0.05) is 0 Å². The Labute approximate surface area is 133 Å². The van der Waals surface area contributed by atoms with Crippen LogP contribution in [0.5, 0.6) is 0 Å². The highest BCUT2D eigenvalue weighted by Gasteiger charge is 2.42. The summed E-state index contributed by atoms with van der Waals surface area (Å²) in [5, 5.41) is 0. The van der Waals surface area contributed by atoms with Crippen LogP contribution >= 0.6 is 0 Å². The highest BCUT2D eigenvalue weighted by molar-refractivity contribution is 6.11. The molecule has 8 nitrogen and oxygen atoms in total. The Morgan fingerprint density at radius 1 is 1.17 bits per heavy atom. The van der Waals surface area contributed by atoms with E-state index in [9.17, 15) is 14.4 Å². The van der Waals surface area contributed by atoms with Crippen molar-refractivity contribution in [2.24, 2.45) is 0 Å². The van der Waals surface area contributed by atoms with E-state index in [1.807, 2.05) is 4.90 Å². The van der Waals surface area contributed by atoms with Crippen LogP contribution in [0.1, 0.15) is 12.8 Å². The molecule has 1 saturated heterocycles. The van der Waals surface area contributed by atoms with Crippen LogP contribution in [0.15, 0.2) is 22.9 Å². The number of methoxy groups -OCH3 is 3. The fourth-order valence-corrected chi connectivity index (χ4v) is 2.63. The number of nitrogens with zero attached hydrogens (tertiary/aromatic N) is 1. The first-order valence-electron chi connectivity index (χ1n) is 7.14. The van der Waals surface area contributed by atoms with Gasteiger partial charge >= 0.3 is 17.9 Å². The van der Waals surface area contributed by atoms with E-state index in [0.29, 0.717) is 18.8 Å². The first kappa shape index (κ1) is 17.0. The Morgan fingerprint density at radius 3 is 2.35 bits per heavy atom. The molecular weight excluding hydrogens is 306 g/mol. The van der Waals surface area contributed by atoms with Gasteiger partial charge in [-0.25, -0.2) is 14.4 Å². The number of carbonyl (C=O) groups is 3. The topological polar surface area (TPSA) is 91.4 Å². The number of carbonyl (C=O) groups excluding carboxylic acids is 3. The number of hydrogen-bond donors (Lipinski definition) is 0. The maximum Gasteiger partial charge on any atom is 0.343 e. The van der Waals surface area contributed by atoms with Gasteiger partial charge in [0.05, 0.1) is 25.5 Å². The summed E-state index contributed by atoms with van der Waals surface area (Å²) in [7, 11) is 3.74. The molecule has 126 valence electrons. The summed E-state index contributed by atoms with van der Waals surface area (Å²) in [5.41, 5.74) is 0.220. The summed E-state index contributed by atoms with van der Waals surface area (Å²) in [6.07, 6.45) is 1.92. The molecular formula is C15H19NO7. The van der Waals surface area contributed by atoms with Crippen LogP contribution < -0.4 is 0 Å². The summed E-state index contributed by atoms with van der Waals surface area (Å²) in [4.78, 5) is 37.8. The van der Waals surface area contributed by atoms with Crippen molar-refractivity contribution in [2.75, 3.05) is 34.4 Å². The number of hydrogen-bond acceptors (Lipinski definition) is 8. The van der Waals surface area contributed by atoms with Crippen molar-refractivity contribution in [2.45, 2.75) is 19.1 Å². The first-order valence-corrected chi connectivity index (χ1v) is 7.14. The highest BCUT2D eigenvalue weighted by Crippen LogP contribution is 2.33. The smallest absolute Gasteiger partial charge is 0.343 e. The van der Waals surface area contributed by atoms with Crippen LogP contribution in [0.2, 0.25) is 0 Å². The maximum atomic E-state index is 12.3. The van der Waals surface area contributed by atoms with E-state index in [1.54, 1.807) is 0 Å². The number of likely N-dealkylation sites (tertiary alicyclic amines) is 1. The molecule has 0 amide bonds. The third-order valence-corrected chi connectivity index (χ3v) is 3.70. The fraction of sp³-hybridized carbons (Fsp3) is 0.533. The second-order valence-electron chi connectivity index (χ2n) is 5.00. The molecule has 1 unspecified atom stereocenters. The van der Waals surface area contributed by atoms with Crippen molar-refractivity contribution in [3.8, 4) is 0 Å². The van der Waals surface area contributed by atoms with E-state index >= 15 is 0 Å². The van der Waals surface area contributed by atoms with Gasteiger partial charge in [0, 0.05) is 26.3 Å². The summed E-state index contributed by atoms with van der Waals surface area (Å²) < 4.78 is 19.6.